The van der Waals surface area contributed by atoms with Gasteiger partial charge in [-0.3, -0.25) is 9.69 Å². The Bertz CT molecular complexity index is 573. The first-order chi connectivity index (χ1) is 11.4. The van der Waals surface area contributed by atoms with Crippen molar-refractivity contribution < 1.29 is 14.7 Å². The predicted octanol–water partition coefficient (Wildman–Crippen LogP) is 2.75. The van der Waals surface area contributed by atoms with Gasteiger partial charge in [-0.1, -0.05) is 35.0 Å². The van der Waals surface area contributed by atoms with E-state index in [1.807, 2.05) is 43.0 Å². The normalized spacial score (nSPS) is 21.0. The molecule has 1 aromatic rings. The van der Waals surface area contributed by atoms with Gasteiger partial charge in [0.05, 0.1) is 12.6 Å². The number of carbonyl (C=O) groups is 2. The van der Waals surface area contributed by atoms with Crippen LogP contribution in [0.5, 0.6) is 0 Å². The summed E-state index contributed by atoms with van der Waals surface area (Å²) in [5.41, 5.74) is 1.04. The van der Waals surface area contributed by atoms with Crippen molar-refractivity contribution in [2.45, 2.75) is 44.8 Å². The number of carboxylic acids is 1. The quantitative estimate of drug-likeness (QED) is 0.660. The van der Waals surface area contributed by atoms with Crippen LogP contribution in [0.25, 0.3) is 0 Å². The summed E-state index contributed by atoms with van der Waals surface area (Å²) in [6.07, 6.45) is 1.59. The summed E-state index contributed by atoms with van der Waals surface area (Å²) in [7, 11) is 0. The van der Waals surface area contributed by atoms with Gasteiger partial charge >= 0.3 is 12.0 Å². The number of urea groups is 1. The number of amides is 2. The average molecular weight is 398 g/mol. The van der Waals surface area contributed by atoms with Crippen molar-refractivity contribution in [1.82, 2.24) is 15.5 Å². The summed E-state index contributed by atoms with van der Waals surface area (Å²) in [5, 5.41) is 14.8. The molecule has 0 saturated heterocycles. The zero-order valence-electron chi connectivity index (χ0n) is 14.0. The van der Waals surface area contributed by atoms with Crippen LogP contribution in [0, 0.1) is 0 Å². The molecule has 1 aliphatic rings. The summed E-state index contributed by atoms with van der Waals surface area (Å²) in [4.78, 5) is 24.8. The van der Waals surface area contributed by atoms with Crippen LogP contribution < -0.4 is 10.6 Å². The van der Waals surface area contributed by atoms with E-state index in [9.17, 15) is 9.59 Å². The monoisotopic (exact) mass is 397 g/mol. The summed E-state index contributed by atoms with van der Waals surface area (Å²) >= 11 is 3.39. The fourth-order valence-electron chi connectivity index (χ4n) is 2.94. The van der Waals surface area contributed by atoms with Crippen LogP contribution in [0.2, 0.25) is 0 Å². The van der Waals surface area contributed by atoms with E-state index < -0.39 is 5.97 Å². The zero-order chi connectivity index (χ0) is 17.7. The van der Waals surface area contributed by atoms with Crippen LogP contribution in [0.15, 0.2) is 28.7 Å². The molecular weight excluding hydrogens is 374 g/mol. The van der Waals surface area contributed by atoms with Gasteiger partial charge < -0.3 is 15.7 Å². The molecule has 7 heteroatoms. The van der Waals surface area contributed by atoms with Crippen molar-refractivity contribution in [3.05, 3.63) is 34.3 Å². The van der Waals surface area contributed by atoms with Crippen LogP contribution >= 0.6 is 15.9 Å². The van der Waals surface area contributed by atoms with E-state index in [1.54, 1.807) is 0 Å². The van der Waals surface area contributed by atoms with Crippen LogP contribution in [0.4, 0.5) is 4.79 Å². The number of carbonyl (C=O) groups excluding carboxylic acids is 1. The van der Waals surface area contributed by atoms with E-state index in [4.69, 9.17) is 5.11 Å². The van der Waals surface area contributed by atoms with Crippen LogP contribution in [0.1, 0.15) is 38.3 Å². The SMILES string of the molecule is CCN(CC(=O)O)C1CC(NC(=O)NC(C)c2ccc(Br)cc2)C1. The highest BCUT2D eigenvalue weighted by Gasteiger charge is 2.34. The second kappa shape index (κ2) is 8.48. The number of carboxylic acid groups (broad SMARTS) is 1. The number of hydrogen-bond acceptors (Lipinski definition) is 3. The molecule has 2 rings (SSSR count). The van der Waals surface area contributed by atoms with Crippen LogP contribution in [0.3, 0.4) is 0 Å². The molecule has 24 heavy (non-hydrogen) atoms. The molecule has 132 valence electrons. The van der Waals surface area contributed by atoms with Gasteiger partial charge in [0, 0.05) is 16.6 Å². The summed E-state index contributed by atoms with van der Waals surface area (Å²) in [5.74, 6) is -0.811. The maximum Gasteiger partial charge on any atom is 0.317 e. The predicted molar refractivity (Wildman–Crippen MR) is 95.9 cm³/mol. The van der Waals surface area contributed by atoms with Crippen molar-refractivity contribution >= 4 is 27.9 Å². The third-order valence-corrected chi connectivity index (χ3v) is 4.96. The fourth-order valence-corrected chi connectivity index (χ4v) is 3.20. The lowest BCUT2D eigenvalue weighted by atomic mass is 9.85. The molecule has 6 nitrogen and oxygen atoms in total. The molecule has 1 aromatic carbocycles. The van der Waals surface area contributed by atoms with E-state index in [0.29, 0.717) is 6.54 Å². The number of halogens is 1. The van der Waals surface area contributed by atoms with Crippen molar-refractivity contribution in [2.75, 3.05) is 13.1 Å². The number of benzene rings is 1. The summed E-state index contributed by atoms with van der Waals surface area (Å²) < 4.78 is 1.00. The average Bonchev–Trinajstić information content (AvgIpc) is 2.48. The molecule has 2 amide bonds. The number of nitrogens with zero attached hydrogens (tertiary/aromatic N) is 1. The maximum atomic E-state index is 12.1. The molecule has 1 saturated carbocycles. The highest BCUT2D eigenvalue weighted by molar-refractivity contribution is 9.10. The molecule has 1 fully saturated rings. The Hall–Kier alpha value is -1.60. The first-order valence-electron chi connectivity index (χ1n) is 8.17. The highest BCUT2D eigenvalue weighted by atomic mass is 79.9. The van der Waals surface area contributed by atoms with Crippen molar-refractivity contribution in [3.8, 4) is 0 Å². The van der Waals surface area contributed by atoms with Gasteiger partial charge in [0.1, 0.15) is 0 Å². The zero-order valence-corrected chi connectivity index (χ0v) is 15.5. The largest absolute Gasteiger partial charge is 0.480 e. The Kier molecular flexibility index (Phi) is 6.62. The Morgan fingerprint density at radius 3 is 2.50 bits per heavy atom. The number of nitrogens with one attached hydrogen (secondary N) is 2. The third kappa shape index (κ3) is 5.21. The van der Waals surface area contributed by atoms with E-state index in [2.05, 4.69) is 26.6 Å². The Balaban J connectivity index is 1.74. The van der Waals surface area contributed by atoms with E-state index in [1.165, 1.54) is 0 Å². The van der Waals surface area contributed by atoms with Gasteiger partial charge in [-0.25, -0.2) is 4.79 Å². The first-order valence-corrected chi connectivity index (χ1v) is 8.96. The van der Waals surface area contributed by atoms with Gasteiger partial charge in [-0.05, 0) is 44.0 Å². The minimum atomic E-state index is -0.811. The molecule has 0 heterocycles. The maximum absolute atomic E-state index is 12.1. The van der Waals surface area contributed by atoms with Gasteiger partial charge in [-0.15, -0.1) is 0 Å². The van der Waals surface area contributed by atoms with E-state index in [-0.39, 0.29) is 30.7 Å². The smallest absolute Gasteiger partial charge is 0.317 e. The lowest BCUT2D eigenvalue weighted by molar-refractivity contribution is -0.139. The molecule has 3 N–H and O–H groups in total. The number of hydrogen-bond donors (Lipinski definition) is 3. The van der Waals surface area contributed by atoms with Crippen LogP contribution in [-0.4, -0.2) is 47.2 Å². The molecule has 0 spiro atoms. The second-order valence-electron chi connectivity index (χ2n) is 6.17. The number of aliphatic carboxylic acids is 1. The van der Waals surface area contributed by atoms with Gasteiger partial charge in [0.25, 0.3) is 0 Å². The minimum absolute atomic E-state index is 0.0562. The minimum Gasteiger partial charge on any atom is -0.480 e. The standard InChI is InChI=1S/C17H24BrN3O3/c1-3-21(10-16(22)23)15-8-14(9-15)20-17(24)19-11(2)12-4-6-13(18)7-5-12/h4-7,11,14-15H,3,8-10H2,1-2H3,(H,22,23)(H2,19,20,24). The second-order valence-corrected chi connectivity index (χ2v) is 7.09. The summed E-state index contributed by atoms with van der Waals surface area (Å²) in [6, 6.07) is 7.92. The van der Waals surface area contributed by atoms with Crippen molar-refractivity contribution in [1.29, 1.82) is 0 Å². The molecule has 0 aromatic heterocycles. The molecule has 0 bridgehead atoms. The Labute approximate surface area is 150 Å². The number of likely N-dealkylation sites (N-methyl/N-ethyl adjacent to an activating group) is 1. The van der Waals surface area contributed by atoms with Gasteiger partial charge in [-0.2, -0.15) is 0 Å². The highest BCUT2D eigenvalue weighted by Crippen LogP contribution is 2.25. The van der Waals surface area contributed by atoms with Gasteiger partial charge in [0.2, 0.25) is 0 Å². The first kappa shape index (κ1) is 18.7. The molecular formula is C17H24BrN3O3. The molecule has 1 atom stereocenters. The van der Waals surface area contributed by atoms with E-state index >= 15 is 0 Å². The van der Waals surface area contributed by atoms with Crippen molar-refractivity contribution in [3.63, 3.8) is 0 Å². The molecule has 0 radical (unpaired) electrons. The summed E-state index contributed by atoms with van der Waals surface area (Å²) in [6.45, 7) is 4.66. The Morgan fingerprint density at radius 1 is 1.33 bits per heavy atom. The molecule has 1 aliphatic carbocycles. The fraction of sp³-hybridized carbons (Fsp3) is 0.529. The van der Waals surface area contributed by atoms with Crippen molar-refractivity contribution in [2.24, 2.45) is 0 Å². The Morgan fingerprint density at radius 2 is 1.96 bits per heavy atom. The molecule has 0 aliphatic heterocycles. The third-order valence-electron chi connectivity index (χ3n) is 4.43. The topological polar surface area (TPSA) is 81.7 Å². The number of rotatable bonds is 7. The van der Waals surface area contributed by atoms with Gasteiger partial charge in [0.15, 0.2) is 0 Å². The van der Waals surface area contributed by atoms with Crippen LogP contribution in [-0.2, 0) is 4.79 Å². The lowest BCUT2D eigenvalue weighted by Gasteiger charge is -2.42. The van der Waals surface area contributed by atoms with E-state index in [0.717, 1.165) is 22.9 Å². The lowest BCUT2D eigenvalue weighted by Crippen LogP contribution is -2.56. The molecule has 1 unspecified atom stereocenters.